The second kappa shape index (κ2) is 8.10. The Kier molecular flexibility index (Phi) is 5.89. The van der Waals surface area contributed by atoms with Gasteiger partial charge in [0.25, 0.3) is 5.91 Å². The van der Waals surface area contributed by atoms with E-state index in [4.69, 9.17) is 4.74 Å². The molecule has 2 rings (SSSR count). The molecular formula is C19H20N2O4. The molecule has 0 saturated carbocycles. The lowest BCUT2D eigenvalue weighted by molar-refractivity contribution is -0.124. The van der Waals surface area contributed by atoms with Crippen molar-refractivity contribution in [2.75, 3.05) is 17.7 Å². The topological polar surface area (TPSA) is 84.5 Å². The SMILES string of the molecule is COc1cc(NC(=O)c2ccccc2)c(C)cc1NC(=O)CC(C)=O. The van der Waals surface area contributed by atoms with E-state index in [-0.39, 0.29) is 18.1 Å². The molecule has 6 nitrogen and oxygen atoms in total. The average Bonchev–Trinajstić information content (AvgIpc) is 2.57. The van der Waals surface area contributed by atoms with Gasteiger partial charge in [-0.2, -0.15) is 0 Å². The monoisotopic (exact) mass is 340 g/mol. The second-order valence-electron chi connectivity index (χ2n) is 5.61. The van der Waals surface area contributed by atoms with Crippen molar-refractivity contribution in [3.05, 3.63) is 53.6 Å². The first kappa shape index (κ1) is 18.2. The zero-order valence-corrected chi connectivity index (χ0v) is 14.4. The molecule has 25 heavy (non-hydrogen) atoms. The van der Waals surface area contributed by atoms with Crippen molar-refractivity contribution in [1.29, 1.82) is 0 Å². The van der Waals surface area contributed by atoms with Gasteiger partial charge in [-0.1, -0.05) is 18.2 Å². The van der Waals surface area contributed by atoms with E-state index in [0.717, 1.165) is 5.56 Å². The summed E-state index contributed by atoms with van der Waals surface area (Å²) in [6.45, 7) is 3.16. The Morgan fingerprint density at radius 3 is 2.28 bits per heavy atom. The molecule has 2 aromatic carbocycles. The third-order valence-electron chi connectivity index (χ3n) is 3.51. The van der Waals surface area contributed by atoms with Gasteiger partial charge in [0.1, 0.15) is 11.5 Å². The number of benzene rings is 2. The van der Waals surface area contributed by atoms with Crippen molar-refractivity contribution < 1.29 is 19.1 Å². The number of anilines is 2. The molecule has 0 spiro atoms. The van der Waals surface area contributed by atoms with Gasteiger partial charge in [0, 0.05) is 17.3 Å². The normalized spacial score (nSPS) is 10.0. The lowest BCUT2D eigenvalue weighted by atomic mass is 10.1. The van der Waals surface area contributed by atoms with Crippen LogP contribution in [-0.4, -0.2) is 24.7 Å². The quantitative estimate of drug-likeness (QED) is 0.791. The van der Waals surface area contributed by atoms with Gasteiger partial charge in [-0.05, 0) is 37.6 Å². The fourth-order valence-corrected chi connectivity index (χ4v) is 2.29. The van der Waals surface area contributed by atoms with Crippen LogP contribution in [0.15, 0.2) is 42.5 Å². The van der Waals surface area contributed by atoms with Gasteiger partial charge in [0.2, 0.25) is 5.91 Å². The van der Waals surface area contributed by atoms with Crippen LogP contribution >= 0.6 is 0 Å². The second-order valence-corrected chi connectivity index (χ2v) is 5.61. The van der Waals surface area contributed by atoms with Crippen LogP contribution in [-0.2, 0) is 9.59 Å². The maximum absolute atomic E-state index is 12.3. The largest absolute Gasteiger partial charge is 0.494 e. The number of carbonyl (C=O) groups excluding carboxylic acids is 3. The van der Waals surface area contributed by atoms with Crippen LogP contribution in [0.1, 0.15) is 29.3 Å². The molecule has 0 aliphatic carbocycles. The van der Waals surface area contributed by atoms with Crippen LogP contribution in [0.4, 0.5) is 11.4 Å². The van der Waals surface area contributed by atoms with E-state index in [1.54, 1.807) is 43.3 Å². The fraction of sp³-hybridized carbons (Fsp3) is 0.211. The zero-order chi connectivity index (χ0) is 18.4. The van der Waals surface area contributed by atoms with Crippen molar-refractivity contribution in [1.82, 2.24) is 0 Å². The molecule has 0 atom stereocenters. The summed E-state index contributed by atoms with van der Waals surface area (Å²) < 4.78 is 5.28. The summed E-state index contributed by atoms with van der Waals surface area (Å²) in [6.07, 6.45) is -0.200. The van der Waals surface area contributed by atoms with Crippen LogP contribution in [0.2, 0.25) is 0 Å². The molecule has 6 heteroatoms. The lowest BCUT2D eigenvalue weighted by Gasteiger charge is -2.15. The highest BCUT2D eigenvalue weighted by Crippen LogP contribution is 2.31. The van der Waals surface area contributed by atoms with Gasteiger partial charge < -0.3 is 15.4 Å². The number of Topliss-reactive ketones (excluding diaryl/α,β-unsaturated/α-hetero) is 1. The average molecular weight is 340 g/mol. The maximum Gasteiger partial charge on any atom is 0.255 e. The van der Waals surface area contributed by atoms with E-state index in [1.165, 1.54) is 14.0 Å². The Labute approximate surface area is 146 Å². The zero-order valence-electron chi connectivity index (χ0n) is 14.4. The van der Waals surface area contributed by atoms with Gasteiger partial charge in [-0.3, -0.25) is 14.4 Å². The summed E-state index contributed by atoms with van der Waals surface area (Å²) in [5.41, 5.74) is 2.32. The van der Waals surface area contributed by atoms with Crippen molar-refractivity contribution in [2.45, 2.75) is 20.3 Å². The first-order valence-electron chi connectivity index (χ1n) is 7.75. The van der Waals surface area contributed by atoms with E-state index in [2.05, 4.69) is 10.6 Å². The molecule has 0 aliphatic heterocycles. The molecule has 0 aromatic heterocycles. The van der Waals surface area contributed by atoms with Crippen molar-refractivity contribution in [3.63, 3.8) is 0 Å². The van der Waals surface area contributed by atoms with Gasteiger partial charge in [0.05, 0.1) is 19.2 Å². The number of carbonyl (C=O) groups is 3. The summed E-state index contributed by atoms with van der Waals surface area (Å²) in [5.74, 6) is -0.476. The maximum atomic E-state index is 12.3. The minimum absolute atomic E-state index is 0.200. The number of ketones is 1. The predicted octanol–water partition coefficient (Wildman–Crippen LogP) is 3.17. The van der Waals surface area contributed by atoms with Gasteiger partial charge in [-0.15, -0.1) is 0 Å². The van der Waals surface area contributed by atoms with Crippen LogP contribution in [0.25, 0.3) is 0 Å². The molecule has 0 saturated heterocycles. The third kappa shape index (κ3) is 4.91. The Hall–Kier alpha value is -3.15. The number of ether oxygens (including phenoxy) is 1. The number of hydrogen-bond acceptors (Lipinski definition) is 4. The van der Waals surface area contributed by atoms with Crippen molar-refractivity contribution in [3.8, 4) is 5.75 Å². The van der Waals surface area contributed by atoms with E-state index in [9.17, 15) is 14.4 Å². The first-order valence-corrected chi connectivity index (χ1v) is 7.75. The molecule has 0 heterocycles. The molecule has 0 unspecified atom stereocenters. The van der Waals surface area contributed by atoms with E-state index in [1.807, 2.05) is 6.07 Å². The standard InChI is InChI=1S/C19H20N2O4/c1-12-9-16(20-18(23)10-13(2)22)17(25-3)11-15(12)21-19(24)14-7-5-4-6-8-14/h4-9,11H,10H2,1-3H3,(H,20,23)(H,21,24). The fourth-order valence-electron chi connectivity index (χ4n) is 2.29. The number of hydrogen-bond donors (Lipinski definition) is 2. The summed E-state index contributed by atoms with van der Waals surface area (Å²) in [7, 11) is 1.47. The first-order chi connectivity index (χ1) is 11.9. The number of methoxy groups -OCH3 is 1. The Bertz CT molecular complexity index is 801. The van der Waals surface area contributed by atoms with Crippen LogP contribution < -0.4 is 15.4 Å². The molecular weight excluding hydrogens is 320 g/mol. The molecule has 2 N–H and O–H groups in total. The molecule has 0 fully saturated rings. The smallest absolute Gasteiger partial charge is 0.255 e. The Morgan fingerprint density at radius 1 is 1.00 bits per heavy atom. The molecule has 0 bridgehead atoms. The number of nitrogens with one attached hydrogen (secondary N) is 2. The Balaban J connectivity index is 2.22. The molecule has 2 aromatic rings. The lowest BCUT2D eigenvalue weighted by Crippen LogP contribution is -2.16. The molecule has 2 amide bonds. The highest BCUT2D eigenvalue weighted by molar-refractivity contribution is 6.06. The van der Waals surface area contributed by atoms with E-state index < -0.39 is 5.91 Å². The molecule has 0 aliphatic rings. The highest BCUT2D eigenvalue weighted by atomic mass is 16.5. The minimum Gasteiger partial charge on any atom is -0.494 e. The number of aryl methyl sites for hydroxylation is 1. The summed E-state index contributed by atoms with van der Waals surface area (Å²) in [5, 5.41) is 5.48. The van der Waals surface area contributed by atoms with Crippen LogP contribution in [0.5, 0.6) is 5.75 Å². The van der Waals surface area contributed by atoms with E-state index in [0.29, 0.717) is 22.7 Å². The van der Waals surface area contributed by atoms with Gasteiger partial charge in [-0.25, -0.2) is 0 Å². The summed E-state index contributed by atoms with van der Waals surface area (Å²) in [4.78, 5) is 35.1. The third-order valence-corrected chi connectivity index (χ3v) is 3.51. The Morgan fingerprint density at radius 2 is 1.68 bits per heavy atom. The highest BCUT2D eigenvalue weighted by Gasteiger charge is 2.14. The van der Waals surface area contributed by atoms with Crippen LogP contribution in [0, 0.1) is 6.92 Å². The van der Waals surface area contributed by atoms with Gasteiger partial charge >= 0.3 is 0 Å². The number of amides is 2. The van der Waals surface area contributed by atoms with E-state index >= 15 is 0 Å². The van der Waals surface area contributed by atoms with Crippen molar-refractivity contribution >= 4 is 29.0 Å². The summed E-state index contributed by atoms with van der Waals surface area (Å²) >= 11 is 0. The molecule has 130 valence electrons. The minimum atomic E-state index is -0.411. The summed E-state index contributed by atoms with van der Waals surface area (Å²) in [6, 6.07) is 12.2. The van der Waals surface area contributed by atoms with Gasteiger partial charge in [0.15, 0.2) is 0 Å². The molecule has 0 radical (unpaired) electrons. The number of rotatable bonds is 6. The van der Waals surface area contributed by atoms with Crippen molar-refractivity contribution in [2.24, 2.45) is 0 Å². The van der Waals surface area contributed by atoms with Crippen LogP contribution in [0.3, 0.4) is 0 Å². The predicted molar refractivity (Wildman–Crippen MR) is 96.1 cm³/mol.